The lowest BCUT2D eigenvalue weighted by atomic mass is 10.2. The summed E-state index contributed by atoms with van der Waals surface area (Å²) in [5.41, 5.74) is 1.12. The summed E-state index contributed by atoms with van der Waals surface area (Å²) >= 11 is 1.36. The fraction of sp³-hybridized carbons (Fsp3) is 0.333. The molecule has 98 valence electrons. The number of thioether (sulfide) groups is 1. The van der Waals surface area contributed by atoms with Crippen molar-refractivity contribution in [3.8, 4) is 0 Å². The number of aromatic nitrogens is 4. The van der Waals surface area contributed by atoms with Crippen molar-refractivity contribution in [1.82, 2.24) is 20.2 Å². The van der Waals surface area contributed by atoms with Crippen molar-refractivity contribution < 1.29 is 9.53 Å². The van der Waals surface area contributed by atoms with Gasteiger partial charge in [-0.15, -0.1) is 5.10 Å². The molecule has 19 heavy (non-hydrogen) atoms. The van der Waals surface area contributed by atoms with E-state index in [1.165, 1.54) is 11.8 Å². The molecular formula is C12H12N4O2S. The number of hydrogen-bond donors (Lipinski definition) is 0. The van der Waals surface area contributed by atoms with E-state index in [0.29, 0.717) is 24.7 Å². The predicted molar refractivity (Wildman–Crippen MR) is 68.6 cm³/mol. The quantitative estimate of drug-likeness (QED) is 0.780. The van der Waals surface area contributed by atoms with Gasteiger partial charge in [0.2, 0.25) is 5.16 Å². The van der Waals surface area contributed by atoms with Crippen LogP contribution in [-0.2, 0) is 16.1 Å². The minimum atomic E-state index is -0.194. The van der Waals surface area contributed by atoms with Gasteiger partial charge in [0, 0.05) is 6.42 Å². The third kappa shape index (κ3) is 2.76. The second-order valence-electron chi connectivity index (χ2n) is 4.17. The maximum absolute atomic E-state index is 11.4. The molecule has 0 bridgehead atoms. The zero-order chi connectivity index (χ0) is 13.1. The molecule has 0 radical (unpaired) electrons. The summed E-state index contributed by atoms with van der Waals surface area (Å²) in [6.07, 6.45) is 0.710. The minimum absolute atomic E-state index is 0.181. The Bertz CT molecular complexity index is 572. The average Bonchev–Trinajstić information content (AvgIpc) is 3.02. The van der Waals surface area contributed by atoms with Crippen LogP contribution in [0.1, 0.15) is 12.0 Å². The first-order valence-corrected chi connectivity index (χ1v) is 6.84. The number of carbonyl (C=O) groups excluding carboxylic acids is 1. The SMILES string of the molecule is O=C1OCC[C@@H]1Sc1nnnn1Cc1ccccc1. The van der Waals surface area contributed by atoms with Gasteiger partial charge in [0.1, 0.15) is 5.25 Å². The molecule has 0 unspecified atom stereocenters. The van der Waals surface area contributed by atoms with Crippen LogP contribution in [0.4, 0.5) is 0 Å². The van der Waals surface area contributed by atoms with Gasteiger partial charge in [0.15, 0.2) is 0 Å². The highest BCUT2D eigenvalue weighted by atomic mass is 32.2. The first kappa shape index (κ1) is 12.2. The van der Waals surface area contributed by atoms with Gasteiger partial charge >= 0.3 is 5.97 Å². The number of hydrogen-bond acceptors (Lipinski definition) is 6. The summed E-state index contributed by atoms with van der Waals surface area (Å²) in [7, 11) is 0. The van der Waals surface area contributed by atoms with Crippen molar-refractivity contribution in [1.29, 1.82) is 0 Å². The largest absolute Gasteiger partial charge is 0.465 e. The lowest BCUT2D eigenvalue weighted by Gasteiger charge is -2.06. The first-order chi connectivity index (χ1) is 9.33. The Balaban J connectivity index is 1.73. The molecule has 7 heteroatoms. The highest BCUT2D eigenvalue weighted by Gasteiger charge is 2.29. The maximum atomic E-state index is 11.4. The van der Waals surface area contributed by atoms with Gasteiger partial charge in [-0.1, -0.05) is 42.1 Å². The molecule has 1 atom stereocenters. The first-order valence-electron chi connectivity index (χ1n) is 5.96. The molecule has 0 saturated carbocycles. The molecule has 0 N–H and O–H groups in total. The van der Waals surface area contributed by atoms with Crippen LogP contribution < -0.4 is 0 Å². The van der Waals surface area contributed by atoms with Gasteiger partial charge in [-0.05, 0) is 16.0 Å². The fourth-order valence-corrected chi connectivity index (χ4v) is 2.79. The molecule has 1 saturated heterocycles. The second-order valence-corrected chi connectivity index (χ2v) is 5.34. The van der Waals surface area contributed by atoms with Crippen molar-refractivity contribution in [3.63, 3.8) is 0 Å². The Kier molecular flexibility index (Phi) is 3.45. The number of benzene rings is 1. The Hall–Kier alpha value is -1.89. The standard InChI is InChI=1S/C12H12N4O2S/c17-11-10(6-7-18-11)19-12-13-14-15-16(12)8-9-4-2-1-3-5-9/h1-5,10H,6-8H2/t10-/m0/s1. The van der Waals surface area contributed by atoms with Crippen LogP contribution in [0.2, 0.25) is 0 Å². The van der Waals surface area contributed by atoms with E-state index in [1.807, 2.05) is 30.3 Å². The van der Waals surface area contributed by atoms with Crippen molar-refractivity contribution >= 4 is 17.7 Å². The Morgan fingerprint density at radius 1 is 1.37 bits per heavy atom. The number of carbonyl (C=O) groups is 1. The number of tetrazole rings is 1. The van der Waals surface area contributed by atoms with Crippen molar-refractivity contribution in [2.24, 2.45) is 0 Å². The monoisotopic (exact) mass is 276 g/mol. The molecule has 1 aliphatic rings. The van der Waals surface area contributed by atoms with E-state index in [9.17, 15) is 4.79 Å². The normalized spacial score (nSPS) is 18.5. The molecule has 1 fully saturated rings. The highest BCUT2D eigenvalue weighted by molar-refractivity contribution is 8.00. The zero-order valence-electron chi connectivity index (χ0n) is 10.1. The van der Waals surface area contributed by atoms with E-state index in [2.05, 4.69) is 15.5 Å². The van der Waals surface area contributed by atoms with Crippen LogP contribution >= 0.6 is 11.8 Å². The second kappa shape index (κ2) is 5.40. The lowest BCUT2D eigenvalue weighted by molar-refractivity contribution is -0.137. The van der Waals surface area contributed by atoms with E-state index < -0.39 is 0 Å². The highest BCUT2D eigenvalue weighted by Crippen LogP contribution is 2.27. The van der Waals surface area contributed by atoms with Crippen LogP contribution in [0.15, 0.2) is 35.5 Å². The third-order valence-electron chi connectivity index (χ3n) is 2.81. The van der Waals surface area contributed by atoms with Crippen LogP contribution in [0.3, 0.4) is 0 Å². The number of cyclic esters (lactones) is 1. The van der Waals surface area contributed by atoms with Gasteiger partial charge in [-0.3, -0.25) is 4.79 Å². The molecule has 0 aliphatic carbocycles. The van der Waals surface area contributed by atoms with Crippen LogP contribution in [-0.4, -0.2) is 38.0 Å². The Labute approximate surface area is 114 Å². The third-order valence-corrected chi connectivity index (χ3v) is 4.03. The topological polar surface area (TPSA) is 69.9 Å². The minimum Gasteiger partial charge on any atom is -0.465 e. The summed E-state index contributed by atoms with van der Waals surface area (Å²) in [5, 5.41) is 12.1. The molecule has 1 aromatic carbocycles. The number of esters is 1. The summed E-state index contributed by atoms with van der Waals surface area (Å²) in [6.45, 7) is 1.08. The number of ether oxygens (including phenoxy) is 1. The predicted octanol–water partition coefficient (Wildman–Crippen LogP) is 1.13. The van der Waals surface area contributed by atoms with Gasteiger partial charge in [-0.25, -0.2) is 4.68 Å². The van der Waals surface area contributed by atoms with Crippen LogP contribution in [0.25, 0.3) is 0 Å². The molecule has 6 nitrogen and oxygen atoms in total. The van der Waals surface area contributed by atoms with E-state index in [0.717, 1.165) is 5.56 Å². The zero-order valence-corrected chi connectivity index (χ0v) is 10.9. The maximum Gasteiger partial charge on any atom is 0.319 e. The summed E-state index contributed by atoms with van der Waals surface area (Å²) in [4.78, 5) is 11.4. The molecule has 1 aromatic heterocycles. The van der Waals surface area contributed by atoms with E-state index in [1.54, 1.807) is 4.68 Å². The van der Waals surface area contributed by atoms with E-state index >= 15 is 0 Å². The smallest absolute Gasteiger partial charge is 0.319 e. The van der Waals surface area contributed by atoms with Gasteiger partial charge < -0.3 is 4.74 Å². The van der Waals surface area contributed by atoms with E-state index in [-0.39, 0.29) is 11.2 Å². The Morgan fingerprint density at radius 2 is 2.21 bits per heavy atom. The van der Waals surface area contributed by atoms with Crippen molar-refractivity contribution in [2.45, 2.75) is 23.4 Å². The van der Waals surface area contributed by atoms with Gasteiger partial charge in [0.05, 0.1) is 13.2 Å². The molecule has 3 rings (SSSR count). The van der Waals surface area contributed by atoms with Crippen LogP contribution in [0.5, 0.6) is 0 Å². The lowest BCUT2D eigenvalue weighted by Crippen LogP contribution is -2.12. The van der Waals surface area contributed by atoms with Gasteiger partial charge in [0.25, 0.3) is 0 Å². The van der Waals surface area contributed by atoms with Gasteiger partial charge in [-0.2, -0.15) is 0 Å². The molecule has 2 aromatic rings. The Morgan fingerprint density at radius 3 is 2.95 bits per heavy atom. The molecule has 2 heterocycles. The average molecular weight is 276 g/mol. The molecule has 0 amide bonds. The van der Waals surface area contributed by atoms with Crippen LogP contribution in [0, 0.1) is 0 Å². The molecular weight excluding hydrogens is 264 g/mol. The van der Waals surface area contributed by atoms with Crippen molar-refractivity contribution in [2.75, 3.05) is 6.61 Å². The fourth-order valence-electron chi connectivity index (χ4n) is 1.85. The number of rotatable bonds is 4. The number of nitrogens with zero attached hydrogens (tertiary/aromatic N) is 4. The molecule has 1 aliphatic heterocycles. The van der Waals surface area contributed by atoms with Crippen molar-refractivity contribution in [3.05, 3.63) is 35.9 Å². The molecule has 0 spiro atoms. The van der Waals surface area contributed by atoms with E-state index in [4.69, 9.17) is 4.74 Å². The summed E-state index contributed by atoms with van der Waals surface area (Å²) in [5.74, 6) is -0.181. The summed E-state index contributed by atoms with van der Waals surface area (Å²) in [6, 6.07) is 9.94. The summed E-state index contributed by atoms with van der Waals surface area (Å²) < 4.78 is 6.63.